The van der Waals surface area contributed by atoms with Gasteiger partial charge < -0.3 is 19.5 Å². The molecular weight excluding hydrogens is 406 g/mol. The van der Waals surface area contributed by atoms with E-state index in [1.165, 1.54) is 5.56 Å². The van der Waals surface area contributed by atoms with E-state index in [2.05, 4.69) is 22.5 Å². The molecule has 166 valence electrons. The fourth-order valence-electron chi connectivity index (χ4n) is 4.66. The molecule has 2 aromatic carbocycles. The summed E-state index contributed by atoms with van der Waals surface area (Å²) < 4.78 is 18.4. The van der Waals surface area contributed by atoms with Crippen LogP contribution in [0.3, 0.4) is 0 Å². The van der Waals surface area contributed by atoms with Crippen LogP contribution in [0.25, 0.3) is 5.69 Å². The van der Waals surface area contributed by atoms with Crippen molar-refractivity contribution in [3.63, 3.8) is 0 Å². The Labute approximate surface area is 187 Å². The molecule has 1 saturated carbocycles. The van der Waals surface area contributed by atoms with Crippen LogP contribution in [0.15, 0.2) is 54.7 Å². The van der Waals surface area contributed by atoms with Crippen molar-refractivity contribution < 1.29 is 19.0 Å². The lowest BCUT2D eigenvalue weighted by Crippen LogP contribution is -2.39. The van der Waals surface area contributed by atoms with Crippen LogP contribution in [-0.2, 0) is 5.41 Å². The highest BCUT2D eigenvalue weighted by atomic mass is 16.6. The standard InChI is InChI=1S/C25H27N3O4/c1-30-20-7-5-19(6-8-20)28-13-10-21(27-28)24(29)26-17-25(11-2-3-12-25)18-4-9-22-23(16-18)32-15-14-31-22/h4-10,13,16H,2-3,11-12,14-15,17H2,1H3,(H,26,29). The van der Waals surface area contributed by atoms with Crippen LogP contribution in [-0.4, -0.2) is 42.6 Å². The van der Waals surface area contributed by atoms with Crippen molar-refractivity contribution >= 4 is 5.91 Å². The van der Waals surface area contributed by atoms with Gasteiger partial charge in [0.2, 0.25) is 0 Å². The first-order valence-electron chi connectivity index (χ1n) is 11.1. The van der Waals surface area contributed by atoms with Crippen molar-refractivity contribution in [3.8, 4) is 22.9 Å². The van der Waals surface area contributed by atoms with Crippen LogP contribution in [0, 0.1) is 0 Å². The maximum Gasteiger partial charge on any atom is 0.271 e. The number of nitrogens with zero attached hydrogens (tertiary/aromatic N) is 2. The van der Waals surface area contributed by atoms with Gasteiger partial charge in [0.05, 0.1) is 12.8 Å². The Kier molecular flexibility index (Phi) is 5.47. The largest absolute Gasteiger partial charge is 0.497 e. The summed E-state index contributed by atoms with van der Waals surface area (Å²) in [6, 6.07) is 15.5. The van der Waals surface area contributed by atoms with Crippen molar-refractivity contribution in [2.75, 3.05) is 26.9 Å². The Hall–Kier alpha value is -3.48. The number of hydrogen-bond acceptors (Lipinski definition) is 5. The average molecular weight is 434 g/mol. The highest BCUT2D eigenvalue weighted by molar-refractivity contribution is 5.92. The molecule has 32 heavy (non-hydrogen) atoms. The predicted molar refractivity (Wildman–Crippen MR) is 120 cm³/mol. The Morgan fingerprint density at radius 2 is 1.81 bits per heavy atom. The minimum Gasteiger partial charge on any atom is -0.497 e. The monoisotopic (exact) mass is 433 g/mol. The van der Waals surface area contributed by atoms with Gasteiger partial charge in [-0.3, -0.25) is 4.79 Å². The van der Waals surface area contributed by atoms with Crippen LogP contribution < -0.4 is 19.5 Å². The number of aromatic nitrogens is 2. The molecular formula is C25H27N3O4. The second-order valence-corrected chi connectivity index (χ2v) is 8.37. The molecule has 5 rings (SSSR count). The van der Waals surface area contributed by atoms with Gasteiger partial charge in [0, 0.05) is 18.2 Å². The lowest BCUT2D eigenvalue weighted by Gasteiger charge is -2.31. The number of methoxy groups -OCH3 is 1. The SMILES string of the molecule is COc1ccc(-n2ccc(C(=O)NCC3(c4ccc5c(c4)OCCO5)CCCC3)n2)cc1. The summed E-state index contributed by atoms with van der Waals surface area (Å²) in [6.07, 6.45) is 6.16. The minimum atomic E-state index is -0.166. The molecule has 2 aliphatic rings. The molecule has 1 aromatic heterocycles. The predicted octanol–water partition coefficient (Wildman–Crippen LogP) is 3.89. The fraction of sp³-hybridized carbons (Fsp3) is 0.360. The number of carbonyl (C=O) groups excluding carboxylic acids is 1. The fourth-order valence-corrected chi connectivity index (χ4v) is 4.66. The zero-order chi connectivity index (χ0) is 22.0. The molecule has 0 spiro atoms. The second kappa shape index (κ2) is 8.57. The summed E-state index contributed by atoms with van der Waals surface area (Å²) in [7, 11) is 1.63. The van der Waals surface area contributed by atoms with Gasteiger partial charge >= 0.3 is 0 Å². The molecule has 7 nitrogen and oxygen atoms in total. The van der Waals surface area contributed by atoms with Gasteiger partial charge in [0.25, 0.3) is 5.91 Å². The Balaban J connectivity index is 1.30. The molecule has 1 fully saturated rings. The first-order valence-corrected chi connectivity index (χ1v) is 11.1. The number of amides is 1. The third-order valence-corrected chi connectivity index (χ3v) is 6.46. The van der Waals surface area contributed by atoms with Gasteiger partial charge in [-0.15, -0.1) is 0 Å². The zero-order valence-corrected chi connectivity index (χ0v) is 18.2. The summed E-state index contributed by atoms with van der Waals surface area (Å²) in [4.78, 5) is 12.9. The molecule has 7 heteroatoms. The molecule has 1 aliphatic heterocycles. The maximum absolute atomic E-state index is 12.9. The lowest BCUT2D eigenvalue weighted by atomic mass is 9.78. The number of rotatable bonds is 6. The molecule has 1 amide bonds. The van der Waals surface area contributed by atoms with E-state index in [1.807, 2.05) is 30.3 Å². The van der Waals surface area contributed by atoms with Crippen LogP contribution >= 0.6 is 0 Å². The number of benzene rings is 2. The van der Waals surface area contributed by atoms with E-state index in [-0.39, 0.29) is 11.3 Å². The highest BCUT2D eigenvalue weighted by Crippen LogP contribution is 2.43. The number of fused-ring (bicyclic) bond motifs is 1. The number of hydrogen-bond donors (Lipinski definition) is 1. The van der Waals surface area contributed by atoms with E-state index in [1.54, 1.807) is 24.1 Å². The van der Waals surface area contributed by atoms with E-state index in [0.29, 0.717) is 25.5 Å². The summed E-state index contributed by atoms with van der Waals surface area (Å²) in [5.74, 6) is 2.20. The van der Waals surface area contributed by atoms with E-state index in [9.17, 15) is 4.79 Å². The van der Waals surface area contributed by atoms with Crippen molar-refractivity contribution in [2.45, 2.75) is 31.1 Å². The summed E-state index contributed by atoms with van der Waals surface area (Å²) in [5, 5.41) is 7.60. The second-order valence-electron chi connectivity index (χ2n) is 8.37. The normalized spacial score (nSPS) is 16.5. The summed E-state index contributed by atoms with van der Waals surface area (Å²) in [5.41, 5.74) is 2.37. The Bertz CT molecular complexity index is 1100. The van der Waals surface area contributed by atoms with Crippen molar-refractivity contribution in [2.24, 2.45) is 0 Å². The first-order chi connectivity index (χ1) is 15.7. The molecule has 1 aliphatic carbocycles. The number of ether oxygens (including phenoxy) is 3. The lowest BCUT2D eigenvalue weighted by molar-refractivity contribution is 0.0937. The highest BCUT2D eigenvalue weighted by Gasteiger charge is 2.37. The van der Waals surface area contributed by atoms with Gasteiger partial charge in [-0.1, -0.05) is 18.9 Å². The molecule has 0 saturated heterocycles. The summed E-state index contributed by atoms with van der Waals surface area (Å²) in [6.45, 7) is 1.72. The molecule has 0 unspecified atom stereocenters. The minimum absolute atomic E-state index is 0.0932. The third kappa shape index (κ3) is 3.90. The van der Waals surface area contributed by atoms with E-state index < -0.39 is 0 Å². The summed E-state index contributed by atoms with van der Waals surface area (Å²) >= 11 is 0. The van der Waals surface area contributed by atoms with Crippen molar-refractivity contribution in [1.29, 1.82) is 0 Å². The van der Waals surface area contributed by atoms with E-state index in [0.717, 1.165) is 48.6 Å². The van der Waals surface area contributed by atoms with Gasteiger partial charge in [0.1, 0.15) is 19.0 Å². The van der Waals surface area contributed by atoms with Gasteiger partial charge in [-0.05, 0) is 60.9 Å². The molecule has 3 aromatic rings. The molecule has 2 heterocycles. The maximum atomic E-state index is 12.9. The molecule has 0 atom stereocenters. The zero-order valence-electron chi connectivity index (χ0n) is 18.2. The number of carbonyl (C=O) groups is 1. The quantitative estimate of drug-likeness (QED) is 0.638. The molecule has 0 bridgehead atoms. The first kappa shape index (κ1) is 20.4. The topological polar surface area (TPSA) is 74.6 Å². The Morgan fingerprint density at radius 3 is 2.56 bits per heavy atom. The molecule has 0 radical (unpaired) electrons. The third-order valence-electron chi connectivity index (χ3n) is 6.46. The number of nitrogens with one attached hydrogen (secondary N) is 1. The average Bonchev–Trinajstić information content (AvgIpc) is 3.53. The van der Waals surface area contributed by atoms with Crippen LogP contribution in [0.5, 0.6) is 17.2 Å². The van der Waals surface area contributed by atoms with Gasteiger partial charge in [-0.2, -0.15) is 5.10 Å². The van der Waals surface area contributed by atoms with E-state index in [4.69, 9.17) is 14.2 Å². The Morgan fingerprint density at radius 1 is 1.06 bits per heavy atom. The van der Waals surface area contributed by atoms with Gasteiger partial charge in [0.15, 0.2) is 17.2 Å². The van der Waals surface area contributed by atoms with Crippen LogP contribution in [0.2, 0.25) is 0 Å². The van der Waals surface area contributed by atoms with Crippen molar-refractivity contribution in [3.05, 3.63) is 66.0 Å². The smallest absolute Gasteiger partial charge is 0.271 e. The van der Waals surface area contributed by atoms with Crippen LogP contribution in [0.4, 0.5) is 0 Å². The van der Waals surface area contributed by atoms with Crippen LogP contribution in [0.1, 0.15) is 41.7 Å². The van der Waals surface area contributed by atoms with Crippen molar-refractivity contribution in [1.82, 2.24) is 15.1 Å². The van der Waals surface area contributed by atoms with Gasteiger partial charge in [-0.25, -0.2) is 4.68 Å². The molecule has 1 N–H and O–H groups in total. The van der Waals surface area contributed by atoms with E-state index >= 15 is 0 Å².